The molecule has 27 heavy (non-hydrogen) atoms. The van der Waals surface area contributed by atoms with Gasteiger partial charge in [-0.2, -0.15) is 0 Å². The van der Waals surface area contributed by atoms with E-state index in [0.717, 1.165) is 16.5 Å². The Labute approximate surface area is 160 Å². The van der Waals surface area contributed by atoms with Gasteiger partial charge in [0, 0.05) is 31.0 Å². The summed E-state index contributed by atoms with van der Waals surface area (Å²) in [6, 6.07) is 12.6. The van der Waals surface area contributed by atoms with Crippen LogP contribution in [-0.4, -0.2) is 27.2 Å². The predicted octanol–water partition coefficient (Wildman–Crippen LogP) is 4.27. The summed E-state index contributed by atoms with van der Waals surface area (Å²) in [4.78, 5) is 29.5. The van der Waals surface area contributed by atoms with E-state index < -0.39 is 0 Å². The van der Waals surface area contributed by atoms with Crippen LogP contribution in [0.2, 0.25) is 5.02 Å². The van der Waals surface area contributed by atoms with E-state index in [1.807, 2.05) is 41.8 Å². The molecule has 0 saturated heterocycles. The minimum atomic E-state index is -0.224. The van der Waals surface area contributed by atoms with Crippen molar-refractivity contribution < 1.29 is 4.79 Å². The lowest BCUT2D eigenvalue weighted by molar-refractivity contribution is 0.0743. The van der Waals surface area contributed by atoms with E-state index in [0.29, 0.717) is 16.0 Å². The van der Waals surface area contributed by atoms with E-state index in [1.165, 1.54) is 0 Å². The summed E-state index contributed by atoms with van der Waals surface area (Å²) in [5.74, 6) is -0.113. The molecule has 0 aliphatic heterocycles. The summed E-state index contributed by atoms with van der Waals surface area (Å²) in [6.45, 7) is 1.95. The fourth-order valence-corrected chi connectivity index (χ4v) is 3.61. The maximum Gasteiger partial charge on any atom is 0.255 e. The normalized spacial score (nSPS) is 12.4. The van der Waals surface area contributed by atoms with Crippen molar-refractivity contribution >= 4 is 33.8 Å². The van der Waals surface area contributed by atoms with E-state index in [9.17, 15) is 9.59 Å². The summed E-state index contributed by atoms with van der Waals surface area (Å²) in [5, 5.41) is 2.06. The molecule has 1 aromatic carbocycles. The maximum absolute atomic E-state index is 13.0. The van der Waals surface area contributed by atoms with Crippen molar-refractivity contribution in [2.24, 2.45) is 0 Å². The van der Waals surface area contributed by atoms with Gasteiger partial charge in [-0.25, -0.2) is 0 Å². The van der Waals surface area contributed by atoms with Gasteiger partial charge in [-0.15, -0.1) is 0 Å². The Morgan fingerprint density at radius 3 is 2.67 bits per heavy atom. The second-order valence-corrected chi connectivity index (χ2v) is 7.00. The average Bonchev–Trinajstić information content (AvgIpc) is 3.12. The zero-order valence-electron chi connectivity index (χ0n) is 14.9. The minimum absolute atomic E-state index is 0.113. The minimum Gasteiger partial charge on any atom is -0.335 e. The molecule has 0 fully saturated rings. The number of rotatable bonds is 3. The monoisotopic (exact) mass is 379 g/mol. The van der Waals surface area contributed by atoms with E-state index >= 15 is 0 Å². The number of carbonyl (C=O) groups excluding carboxylic acids is 1. The first-order valence-electron chi connectivity index (χ1n) is 8.61. The highest BCUT2D eigenvalue weighted by molar-refractivity contribution is 6.33. The number of amides is 1. The fourth-order valence-electron chi connectivity index (χ4n) is 3.38. The van der Waals surface area contributed by atoms with Crippen LogP contribution in [-0.2, 0) is 0 Å². The van der Waals surface area contributed by atoms with Crippen molar-refractivity contribution in [3.63, 3.8) is 0 Å². The van der Waals surface area contributed by atoms with Gasteiger partial charge in [-0.05, 0) is 42.1 Å². The Bertz CT molecular complexity index is 1230. The largest absolute Gasteiger partial charge is 0.335 e. The highest BCUT2D eigenvalue weighted by Crippen LogP contribution is 2.27. The predicted molar refractivity (Wildman–Crippen MR) is 107 cm³/mol. The Morgan fingerprint density at radius 2 is 1.93 bits per heavy atom. The molecule has 1 atom stereocenters. The molecule has 5 nitrogen and oxygen atoms in total. The topological polar surface area (TPSA) is 57.6 Å². The zero-order chi connectivity index (χ0) is 19.1. The van der Waals surface area contributed by atoms with Gasteiger partial charge < -0.3 is 14.3 Å². The third-order valence-corrected chi connectivity index (χ3v) is 5.34. The van der Waals surface area contributed by atoms with E-state index in [4.69, 9.17) is 11.6 Å². The Hall–Kier alpha value is -3.05. The summed E-state index contributed by atoms with van der Waals surface area (Å²) < 4.78 is 1.84. The van der Waals surface area contributed by atoms with Gasteiger partial charge in [0.15, 0.2) is 0 Å². The number of halogens is 1. The molecule has 1 N–H and O–H groups in total. The molecule has 136 valence electrons. The van der Waals surface area contributed by atoms with Gasteiger partial charge in [0.25, 0.3) is 11.5 Å². The zero-order valence-corrected chi connectivity index (χ0v) is 15.7. The van der Waals surface area contributed by atoms with Crippen LogP contribution in [0.15, 0.2) is 65.8 Å². The molecule has 6 heteroatoms. The molecule has 1 unspecified atom stereocenters. The first kappa shape index (κ1) is 17.4. The number of nitrogens with one attached hydrogen (secondary N) is 1. The second kappa shape index (κ2) is 6.59. The first-order valence-corrected chi connectivity index (χ1v) is 8.99. The smallest absolute Gasteiger partial charge is 0.255 e. The fraction of sp³-hybridized carbons (Fsp3) is 0.143. The van der Waals surface area contributed by atoms with Gasteiger partial charge >= 0.3 is 0 Å². The number of hydrogen-bond acceptors (Lipinski definition) is 2. The number of benzene rings is 1. The van der Waals surface area contributed by atoms with Crippen molar-refractivity contribution in [3.8, 4) is 0 Å². The molecule has 0 saturated carbocycles. The lowest BCUT2D eigenvalue weighted by Gasteiger charge is -2.26. The van der Waals surface area contributed by atoms with Crippen molar-refractivity contribution in [2.45, 2.75) is 13.0 Å². The molecular weight excluding hydrogens is 362 g/mol. The van der Waals surface area contributed by atoms with Gasteiger partial charge in [-0.3, -0.25) is 9.59 Å². The lowest BCUT2D eigenvalue weighted by Crippen LogP contribution is -2.30. The van der Waals surface area contributed by atoms with E-state index in [-0.39, 0.29) is 17.5 Å². The number of pyridine rings is 2. The van der Waals surface area contributed by atoms with Crippen LogP contribution in [0, 0.1) is 0 Å². The molecule has 0 spiro atoms. The summed E-state index contributed by atoms with van der Waals surface area (Å²) in [7, 11) is 1.76. The number of hydrogen-bond donors (Lipinski definition) is 1. The second-order valence-electron chi connectivity index (χ2n) is 6.59. The molecule has 0 aliphatic carbocycles. The molecule has 3 aromatic heterocycles. The summed E-state index contributed by atoms with van der Waals surface area (Å²) in [5.41, 5.74) is 2.11. The van der Waals surface area contributed by atoms with Crippen LogP contribution in [0.3, 0.4) is 0 Å². The van der Waals surface area contributed by atoms with Crippen LogP contribution in [0.25, 0.3) is 16.3 Å². The van der Waals surface area contributed by atoms with Crippen molar-refractivity contribution in [2.75, 3.05) is 7.05 Å². The van der Waals surface area contributed by atoms with Gasteiger partial charge in [0.05, 0.1) is 22.1 Å². The van der Waals surface area contributed by atoms with Crippen LogP contribution in [0.4, 0.5) is 0 Å². The van der Waals surface area contributed by atoms with Gasteiger partial charge in [0.1, 0.15) is 0 Å². The third kappa shape index (κ3) is 2.90. The molecular formula is C21H18ClN3O2. The molecule has 0 aliphatic rings. The molecule has 4 aromatic rings. The van der Waals surface area contributed by atoms with E-state index in [2.05, 4.69) is 4.98 Å². The first-order chi connectivity index (χ1) is 13.0. The molecule has 0 bridgehead atoms. The number of aromatic amines is 1. The quantitative estimate of drug-likeness (QED) is 0.578. The Kier molecular flexibility index (Phi) is 4.24. The maximum atomic E-state index is 13.0. The summed E-state index contributed by atoms with van der Waals surface area (Å²) >= 11 is 6.21. The third-order valence-electron chi connectivity index (χ3n) is 5.02. The SMILES string of the molecule is CC(c1c[nH]c(=O)c2ccccc12)N(C)C(=O)c1cc2c(Cl)cccn2c1. The molecule has 0 radical (unpaired) electrons. The number of H-pyrrole nitrogens is 1. The Balaban J connectivity index is 1.72. The van der Waals surface area contributed by atoms with Gasteiger partial charge in [0.2, 0.25) is 0 Å². The van der Waals surface area contributed by atoms with Crippen molar-refractivity contribution in [3.05, 3.63) is 87.6 Å². The number of fused-ring (bicyclic) bond motifs is 2. The van der Waals surface area contributed by atoms with Crippen LogP contribution in [0.5, 0.6) is 0 Å². The van der Waals surface area contributed by atoms with Crippen molar-refractivity contribution in [1.82, 2.24) is 14.3 Å². The highest BCUT2D eigenvalue weighted by Gasteiger charge is 2.22. The number of carbonyl (C=O) groups is 1. The van der Waals surface area contributed by atoms with Crippen LogP contribution < -0.4 is 5.56 Å². The average molecular weight is 380 g/mol. The standard InChI is InChI=1S/C21H18ClN3O2/c1-13(17-11-23-20(26)16-7-4-3-6-15(16)17)24(2)21(27)14-10-19-18(22)8-5-9-25(19)12-14/h3-13H,1-2H3,(H,23,26). The number of nitrogens with zero attached hydrogens (tertiary/aromatic N) is 2. The lowest BCUT2D eigenvalue weighted by atomic mass is 10.0. The molecule has 4 rings (SSSR count). The van der Waals surface area contributed by atoms with Crippen molar-refractivity contribution in [1.29, 1.82) is 0 Å². The Morgan fingerprint density at radius 1 is 1.19 bits per heavy atom. The molecule has 1 amide bonds. The van der Waals surface area contributed by atoms with Crippen LogP contribution >= 0.6 is 11.6 Å². The highest BCUT2D eigenvalue weighted by atomic mass is 35.5. The molecule has 3 heterocycles. The van der Waals surface area contributed by atoms with E-state index in [1.54, 1.807) is 42.5 Å². The van der Waals surface area contributed by atoms with Crippen LogP contribution in [0.1, 0.15) is 28.9 Å². The summed E-state index contributed by atoms with van der Waals surface area (Å²) in [6.07, 6.45) is 5.32. The van der Waals surface area contributed by atoms with Gasteiger partial charge in [-0.1, -0.05) is 29.8 Å². The number of aromatic nitrogens is 2.